The highest BCUT2D eigenvalue weighted by Gasteiger charge is 2.24. The molecule has 1 heterocycles. The van der Waals surface area contributed by atoms with E-state index in [0.717, 1.165) is 11.3 Å². The van der Waals surface area contributed by atoms with Crippen LogP contribution in [0.25, 0.3) is 0 Å². The molecule has 1 unspecified atom stereocenters. The summed E-state index contributed by atoms with van der Waals surface area (Å²) in [6.07, 6.45) is 2.44. The second kappa shape index (κ2) is 4.86. The molecular weight excluding hydrogens is 232 g/mol. The summed E-state index contributed by atoms with van der Waals surface area (Å²) in [7, 11) is 0. The monoisotopic (exact) mass is 246 g/mol. The van der Waals surface area contributed by atoms with E-state index in [1.807, 2.05) is 49.4 Å². The van der Waals surface area contributed by atoms with Crippen molar-refractivity contribution in [1.82, 2.24) is 4.98 Å². The average Bonchev–Trinajstić information content (AvgIpc) is 2.30. The summed E-state index contributed by atoms with van der Waals surface area (Å²) in [5, 5.41) is 0.702. The fraction of sp³-hybridized carbons (Fsp3) is 0.214. The molecule has 0 spiro atoms. The Labute approximate surface area is 106 Å². The standard InChI is InChI=1S/C14H15ClN2/c1-14(16,10-11-6-4-5-9-17-11)12-7-2-3-8-13(12)15/h2-9H,10,16H2,1H3. The highest BCUT2D eigenvalue weighted by molar-refractivity contribution is 6.31. The molecule has 0 fully saturated rings. The lowest BCUT2D eigenvalue weighted by Crippen LogP contribution is -2.36. The molecule has 0 saturated carbocycles. The third-order valence-corrected chi connectivity index (χ3v) is 3.09. The van der Waals surface area contributed by atoms with Gasteiger partial charge in [0, 0.05) is 28.9 Å². The highest BCUT2D eigenvalue weighted by Crippen LogP contribution is 2.28. The van der Waals surface area contributed by atoms with E-state index in [1.54, 1.807) is 6.20 Å². The van der Waals surface area contributed by atoms with Crippen molar-refractivity contribution in [2.24, 2.45) is 5.73 Å². The summed E-state index contributed by atoms with van der Waals surface area (Å²) >= 11 is 6.17. The SMILES string of the molecule is CC(N)(Cc1ccccn1)c1ccccc1Cl. The van der Waals surface area contributed by atoms with Crippen LogP contribution in [0.4, 0.5) is 0 Å². The van der Waals surface area contributed by atoms with Crippen LogP contribution in [0.15, 0.2) is 48.7 Å². The molecule has 3 heteroatoms. The van der Waals surface area contributed by atoms with Gasteiger partial charge < -0.3 is 5.73 Å². The van der Waals surface area contributed by atoms with Crippen molar-refractivity contribution in [3.63, 3.8) is 0 Å². The Morgan fingerprint density at radius 1 is 1.18 bits per heavy atom. The number of pyridine rings is 1. The molecule has 17 heavy (non-hydrogen) atoms. The fourth-order valence-electron chi connectivity index (χ4n) is 1.90. The third kappa shape index (κ3) is 2.84. The van der Waals surface area contributed by atoms with Crippen molar-refractivity contribution in [2.45, 2.75) is 18.9 Å². The Kier molecular flexibility index (Phi) is 3.46. The summed E-state index contributed by atoms with van der Waals surface area (Å²) in [6.45, 7) is 1.98. The van der Waals surface area contributed by atoms with Crippen LogP contribution in [-0.2, 0) is 12.0 Å². The molecule has 2 aromatic rings. The van der Waals surface area contributed by atoms with Gasteiger partial charge in [0.1, 0.15) is 0 Å². The van der Waals surface area contributed by atoms with Crippen molar-refractivity contribution in [1.29, 1.82) is 0 Å². The maximum absolute atomic E-state index is 6.35. The van der Waals surface area contributed by atoms with Gasteiger partial charge in [0.05, 0.1) is 0 Å². The lowest BCUT2D eigenvalue weighted by atomic mass is 9.88. The van der Waals surface area contributed by atoms with Crippen LogP contribution in [0.5, 0.6) is 0 Å². The molecule has 0 aliphatic heterocycles. The van der Waals surface area contributed by atoms with Gasteiger partial charge in [0.25, 0.3) is 0 Å². The number of halogens is 1. The van der Waals surface area contributed by atoms with E-state index in [4.69, 9.17) is 17.3 Å². The summed E-state index contributed by atoms with van der Waals surface area (Å²) in [6, 6.07) is 13.5. The van der Waals surface area contributed by atoms with Crippen molar-refractivity contribution >= 4 is 11.6 Å². The first kappa shape index (κ1) is 12.1. The first-order chi connectivity index (χ1) is 8.09. The predicted octanol–water partition coefficient (Wildman–Crippen LogP) is 3.15. The summed E-state index contributed by atoms with van der Waals surface area (Å²) in [5.41, 5.74) is 7.76. The minimum Gasteiger partial charge on any atom is -0.321 e. The van der Waals surface area contributed by atoms with E-state index >= 15 is 0 Å². The molecule has 0 bridgehead atoms. The van der Waals surface area contributed by atoms with Crippen molar-refractivity contribution in [3.8, 4) is 0 Å². The van der Waals surface area contributed by atoms with Gasteiger partial charge in [0.15, 0.2) is 0 Å². The molecule has 88 valence electrons. The number of nitrogens with two attached hydrogens (primary N) is 1. The van der Waals surface area contributed by atoms with Crippen LogP contribution in [0, 0.1) is 0 Å². The molecule has 0 amide bonds. The van der Waals surface area contributed by atoms with E-state index in [-0.39, 0.29) is 0 Å². The lowest BCUT2D eigenvalue weighted by molar-refractivity contribution is 0.485. The number of benzene rings is 1. The normalized spacial score (nSPS) is 14.3. The molecule has 2 rings (SSSR count). The smallest absolute Gasteiger partial charge is 0.0456 e. The van der Waals surface area contributed by atoms with Crippen LogP contribution in [0.2, 0.25) is 5.02 Å². The highest BCUT2D eigenvalue weighted by atomic mass is 35.5. The summed E-state index contributed by atoms with van der Waals surface area (Å²) in [4.78, 5) is 4.30. The van der Waals surface area contributed by atoms with Crippen molar-refractivity contribution in [2.75, 3.05) is 0 Å². The van der Waals surface area contributed by atoms with Gasteiger partial charge in [-0.1, -0.05) is 35.9 Å². The summed E-state index contributed by atoms with van der Waals surface area (Å²) in [5.74, 6) is 0. The van der Waals surface area contributed by atoms with Crippen LogP contribution >= 0.6 is 11.6 Å². The van der Waals surface area contributed by atoms with Crippen LogP contribution < -0.4 is 5.73 Å². The van der Waals surface area contributed by atoms with Gasteiger partial charge in [-0.3, -0.25) is 4.98 Å². The number of nitrogens with zero attached hydrogens (tertiary/aromatic N) is 1. The molecule has 1 atom stereocenters. The van der Waals surface area contributed by atoms with Crippen molar-refractivity contribution in [3.05, 3.63) is 64.9 Å². The largest absolute Gasteiger partial charge is 0.321 e. The maximum Gasteiger partial charge on any atom is 0.0456 e. The van der Waals surface area contributed by atoms with Crippen LogP contribution in [0.3, 0.4) is 0 Å². The molecule has 1 aromatic carbocycles. The molecule has 1 aromatic heterocycles. The van der Waals surface area contributed by atoms with Crippen molar-refractivity contribution < 1.29 is 0 Å². The zero-order chi connectivity index (χ0) is 12.3. The zero-order valence-corrected chi connectivity index (χ0v) is 10.5. The Hall–Kier alpha value is -1.38. The molecular formula is C14H15ClN2. The first-order valence-electron chi connectivity index (χ1n) is 5.53. The first-order valence-corrected chi connectivity index (χ1v) is 5.91. The lowest BCUT2D eigenvalue weighted by Gasteiger charge is -2.26. The number of hydrogen-bond donors (Lipinski definition) is 1. The Morgan fingerprint density at radius 3 is 2.53 bits per heavy atom. The van der Waals surface area contributed by atoms with Gasteiger partial charge in [0.2, 0.25) is 0 Å². The molecule has 0 aliphatic carbocycles. The molecule has 0 saturated heterocycles. The zero-order valence-electron chi connectivity index (χ0n) is 9.73. The minimum atomic E-state index is -0.507. The number of rotatable bonds is 3. The minimum absolute atomic E-state index is 0.507. The third-order valence-electron chi connectivity index (χ3n) is 2.76. The molecule has 0 aliphatic rings. The summed E-state index contributed by atoms with van der Waals surface area (Å²) < 4.78 is 0. The van der Waals surface area contributed by atoms with E-state index in [2.05, 4.69) is 4.98 Å². The van der Waals surface area contributed by atoms with Crippen LogP contribution in [-0.4, -0.2) is 4.98 Å². The molecule has 0 radical (unpaired) electrons. The van der Waals surface area contributed by atoms with Gasteiger partial charge in [-0.15, -0.1) is 0 Å². The van der Waals surface area contributed by atoms with E-state index in [0.29, 0.717) is 11.4 Å². The van der Waals surface area contributed by atoms with Gasteiger partial charge in [-0.05, 0) is 30.7 Å². The Bertz CT molecular complexity index is 495. The van der Waals surface area contributed by atoms with E-state index < -0.39 is 5.54 Å². The fourth-order valence-corrected chi connectivity index (χ4v) is 2.25. The number of hydrogen-bond acceptors (Lipinski definition) is 2. The molecule has 2 N–H and O–H groups in total. The van der Waals surface area contributed by atoms with Gasteiger partial charge in [-0.25, -0.2) is 0 Å². The second-order valence-corrected chi connectivity index (χ2v) is 4.80. The van der Waals surface area contributed by atoms with Crippen LogP contribution in [0.1, 0.15) is 18.2 Å². The topological polar surface area (TPSA) is 38.9 Å². The second-order valence-electron chi connectivity index (χ2n) is 4.40. The molecule has 2 nitrogen and oxygen atoms in total. The Balaban J connectivity index is 2.28. The predicted molar refractivity (Wildman–Crippen MR) is 70.9 cm³/mol. The average molecular weight is 247 g/mol. The number of aromatic nitrogens is 1. The van der Waals surface area contributed by atoms with E-state index in [9.17, 15) is 0 Å². The maximum atomic E-state index is 6.35. The quantitative estimate of drug-likeness (QED) is 0.904. The van der Waals surface area contributed by atoms with E-state index in [1.165, 1.54) is 0 Å². The Morgan fingerprint density at radius 2 is 1.88 bits per heavy atom. The van der Waals surface area contributed by atoms with Gasteiger partial charge in [-0.2, -0.15) is 0 Å². The van der Waals surface area contributed by atoms with Gasteiger partial charge >= 0.3 is 0 Å².